The molecule has 224 valence electrons. The first-order valence-electron chi connectivity index (χ1n) is 13.1. The van der Waals surface area contributed by atoms with E-state index in [1.54, 1.807) is 18.2 Å². The van der Waals surface area contributed by atoms with Crippen LogP contribution in [0.5, 0.6) is 5.88 Å². The Balaban J connectivity index is 1.64. The van der Waals surface area contributed by atoms with Gasteiger partial charge >= 0.3 is 0 Å². The highest BCUT2D eigenvalue weighted by molar-refractivity contribution is 7.92. The van der Waals surface area contributed by atoms with Crippen LogP contribution < -0.4 is 14.4 Å². The van der Waals surface area contributed by atoms with E-state index in [1.807, 2.05) is 0 Å². The van der Waals surface area contributed by atoms with Gasteiger partial charge in [-0.25, -0.2) is 27.2 Å². The number of sulfonamides is 1. The number of rotatable bonds is 7. The molecule has 0 bridgehead atoms. The van der Waals surface area contributed by atoms with Gasteiger partial charge in [-0.15, -0.1) is 0 Å². The minimum absolute atomic E-state index is 0.0239. The van der Waals surface area contributed by atoms with Gasteiger partial charge in [-0.05, 0) is 48.5 Å². The zero-order valence-corrected chi connectivity index (χ0v) is 24.6. The molecule has 10 nitrogen and oxygen atoms in total. The Bertz CT molecular complexity index is 2190. The van der Waals surface area contributed by atoms with Crippen molar-refractivity contribution < 1.29 is 35.6 Å². The molecule has 0 fully saturated rings. The molecule has 3 aromatic heterocycles. The summed E-state index contributed by atoms with van der Waals surface area (Å²) < 4.78 is 72.1. The molecule has 0 aliphatic heterocycles. The highest BCUT2D eigenvalue weighted by atomic mass is 32.2. The monoisotopic (exact) mass is 618 g/mol. The van der Waals surface area contributed by atoms with Gasteiger partial charge in [-0.1, -0.05) is 6.07 Å². The van der Waals surface area contributed by atoms with E-state index in [9.17, 15) is 22.0 Å². The van der Waals surface area contributed by atoms with Crippen molar-refractivity contribution >= 4 is 43.7 Å². The summed E-state index contributed by atoms with van der Waals surface area (Å²) in [5.74, 6) is -1.17. The van der Waals surface area contributed by atoms with Crippen molar-refractivity contribution in [3.63, 3.8) is 0 Å². The molecule has 0 saturated heterocycles. The number of hydrogen-bond acceptors (Lipinski definition) is 8. The van der Waals surface area contributed by atoms with E-state index in [1.165, 1.54) is 69.9 Å². The van der Waals surface area contributed by atoms with Crippen LogP contribution in [0.25, 0.3) is 56.0 Å². The number of methoxy groups -OCH3 is 1. The van der Waals surface area contributed by atoms with Crippen LogP contribution in [-0.2, 0) is 10.0 Å². The molecule has 1 amide bonds. The molecular weight excluding hydrogens is 594 g/mol. The number of carbonyl (C=O) groups is 1. The summed E-state index contributed by atoms with van der Waals surface area (Å²) in [5.41, 5.74) is 2.32. The Morgan fingerprint density at radius 1 is 0.977 bits per heavy atom. The predicted molar refractivity (Wildman–Crippen MR) is 161 cm³/mol. The smallest absolute Gasteiger partial charge is 0.255 e. The molecule has 0 atom stereocenters. The lowest BCUT2D eigenvalue weighted by Crippen LogP contribution is -2.25. The van der Waals surface area contributed by atoms with E-state index in [0.717, 1.165) is 10.6 Å². The van der Waals surface area contributed by atoms with Gasteiger partial charge in [-0.3, -0.25) is 9.10 Å². The first kappa shape index (κ1) is 28.8. The number of hydrogen-bond donors (Lipinski definition) is 1. The fourth-order valence-electron chi connectivity index (χ4n) is 4.90. The molecule has 0 saturated carbocycles. The molecule has 6 rings (SSSR count). The quantitative estimate of drug-likeness (QED) is 0.230. The largest absolute Gasteiger partial charge is 0.480 e. The van der Waals surface area contributed by atoms with Crippen LogP contribution in [0.3, 0.4) is 0 Å². The second-order valence-corrected chi connectivity index (χ2v) is 11.9. The zero-order valence-electron chi connectivity index (χ0n) is 23.8. The molecular formula is C31H24F2N4O6S. The van der Waals surface area contributed by atoms with Gasteiger partial charge in [0.2, 0.25) is 21.8 Å². The summed E-state index contributed by atoms with van der Waals surface area (Å²) in [4.78, 5) is 21.9. The van der Waals surface area contributed by atoms with Crippen LogP contribution >= 0.6 is 0 Å². The summed E-state index contributed by atoms with van der Waals surface area (Å²) in [5, 5.41) is 2.97. The average Bonchev–Trinajstić information content (AvgIpc) is 3.62. The summed E-state index contributed by atoms with van der Waals surface area (Å²) in [7, 11) is 0.467. The van der Waals surface area contributed by atoms with Gasteiger partial charge in [0.05, 0.1) is 30.2 Å². The third-order valence-corrected chi connectivity index (χ3v) is 8.35. The number of ether oxygens (including phenoxy) is 1. The number of carbonyl (C=O) groups excluding carboxylic acids is 1. The van der Waals surface area contributed by atoms with E-state index in [4.69, 9.17) is 13.6 Å². The Morgan fingerprint density at radius 3 is 2.39 bits per heavy atom. The zero-order chi connectivity index (χ0) is 31.3. The second kappa shape index (κ2) is 10.8. The van der Waals surface area contributed by atoms with E-state index in [-0.39, 0.29) is 51.0 Å². The number of para-hydroxylation sites is 1. The van der Waals surface area contributed by atoms with Crippen molar-refractivity contribution in [3.05, 3.63) is 84.1 Å². The van der Waals surface area contributed by atoms with Crippen molar-refractivity contribution in [2.75, 3.05) is 31.8 Å². The summed E-state index contributed by atoms with van der Waals surface area (Å²) >= 11 is 0. The maximum absolute atomic E-state index is 14.4. The number of fused-ring (bicyclic) bond motifs is 2. The van der Waals surface area contributed by atoms with E-state index < -0.39 is 27.6 Å². The maximum atomic E-state index is 14.4. The Kier molecular flexibility index (Phi) is 7.04. The molecule has 0 spiro atoms. The standard InChI is InChI=1S/C31H24F2N4O6S/c1-34-29(38)26-20-13-19(17-12-21(30(41-3)35-15-17)31-36-27-22(33)6-5-7-24(27)43-31)23(37(2)44(4,39)40)14-25(20)42-28(26)16-8-10-18(32)11-9-16/h5-15H,1-4H3,(H,34,38). The average molecular weight is 619 g/mol. The van der Waals surface area contributed by atoms with Gasteiger partial charge in [0.25, 0.3) is 5.91 Å². The van der Waals surface area contributed by atoms with Crippen LogP contribution in [0.2, 0.25) is 0 Å². The number of anilines is 1. The van der Waals surface area contributed by atoms with E-state index >= 15 is 0 Å². The Morgan fingerprint density at radius 2 is 1.73 bits per heavy atom. The summed E-state index contributed by atoms with van der Waals surface area (Å²) in [6.45, 7) is 0. The van der Waals surface area contributed by atoms with E-state index in [2.05, 4.69) is 15.3 Å². The lowest BCUT2D eigenvalue weighted by atomic mass is 9.98. The normalized spacial score (nSPS) is 11.7. The Labute approximate surface area is 249 Å². The molecule has 0 radical (unpaired) electrons. The lowest BCUT2D eigenvalue weighted by Gasteiger charge is -2.21. The number of pyridine rings is 1. The first-order valence-corrected chi connectivity index (χ1v) is 15.0. The highest BCUT2D eigenvalue weighted by Crippen LogP contribution is 2.43. The first-order chi connectivity index (χ1) is 21.0. The highest BCUT2D eigenvalue weighted by Gasteiger charge is 2.27. The van der Waals surface area contributed by atoms with Gasteiger partial charge in [0.15, 0.2) is 11.4 Å². The maximum Gasteiger partial charge on any atom is 0.255 e. The fraction of sp³-hybridized carbons (Fsp3) is 0.129. The number of oxazole rings is 1. The van der Waals surface area contributed by atoms with Crippen molar-refractivity contribution in [1.29, 1.82) is 0 Å². The predicted octanol–water partition coefficient (Wildman–Crippen LogP) is 6.01. The summed E-state index contributed by atoms with van der Waals surface area (Å²) in [6, 6.07) is 14.5. The lowest BCUT2D eigenvalue weighted by molar-refractivity contribution is 0.0964. The van der Waals surface area contributed by atoms with Crippen LogP contribution in [0.1, 0.15) is 10.4 Å². The van der Waals surface area contributed by atoms with Crippen LogP contribution in [0.15, 0.2) is 75.7 Å². The molecule has 6 aromatic rings. The number of aromatic nitrogens is 2. The minimum atomic E-state index is -3.78. The van der Waals surface area contributed by atoms with E-state index in [0.29, 0.717) is 22.1 Å². The Hall–Kier alpha value is -5.30. The molecule has 1 N–H and O–H groups in total. The molecule has 3 aromatic carbocycles. The molecule has 13 heteroatoms. The molecule has 0 aliphatic carbocycles. The van der Waals surface area contributed by atoms with Crippen molar-refractivity contribution in [2.45, 2.75) is 0 Å². The SMILES string of the molecule is CNC(=O)c1c(-c2ccc(F)cc2)oc2cc(N(C)S(C)(=O)=O)c(-c3cnc(OC)c(-c4nc5c(F)cccc5o4)c3)cc12. The number of amides is 1. The van der Waals surface area contributed by atoms with Crippen molar-refractivity contribution in [2.24, 2.45) is 0 Å². The second-order valence-electron chi connectivity index (χ2n) is 9.87. The van der Waals surface area contributed by atoms with Gasteiger partial charge in [-0.2, -0.15) is 0 Å². The van der Waals surface area contributed by atoms with Crippen LogP contribution in [0, 0.1) is 11.6 Å². The van der Waals surface area contributed by atoms with Crippen LogP contribution in [-0.4, -0.2) is 51.8 Å². The molecule has 44 heavy (non-hydrogen) atoms. The number of benzene rings is 3. The number of nitrogens with one attached hydrogen (secondary N) is 1. The minimum Gasteiger partial charge on any atom is -0.480 e. The molecule has 3 heterocycles. The molecule has 0 aliphatic rings. The summed E-state index contributed by atoms with van der Waals surface area (Å²) in [6.07, 6.45) is 2.51. The van der Waals surface area contributed by atoms with Crippen LogP contribution in [0.4, 0.5) is 14.5 Å². The fourth-order valence-corrected chi connectivity index (χ4v) is 5.41. The van der Waals surface area contributed by atoms with Crippen molar-refractivity contribution in [3.8, 4) is 39.8 Å². The number of nitrogens with zero attached hydrogens (tertiary/aromatic N) is 3. The third-order valence-electron chi connectivity index (χ3n) is 7.16. The number of halogens is 2. The van der Waals surface area contributed by atoms with Gasteiger partial charge < -0.3 is 18.9 Å². The topological polar surface area (TPSA) is 128 Å². The third kappa shape index (κ3) is 4.90. The van der Waals surface area contributed by atoms with Gasteiger partial charge in [0, 0.05) is 48.4 Å². The van der Waals surface area contributed by atoms with Gasteiger partial charge in [0.1, 0.15) is 22.7 Å². The number of furan rings is 1. The van der Waals surface area contributed by atoms with Crippen molar-refractivity contribution in [1.82, 2.24) is 15.3 Å². The molecule has 0 unspecified atom stereocenters.